The van der Waals surface area contributed by atoms with Crippen LogP contribution in [-0.2, 0) is 9.53 Å². The summed E-state index contributed by atoms with van der Waals surface area (Å²) < 4.78 is 10.2. The van der Waals surface area contributed by atoms with E-state index in [0.717, 1.165) is 0 Å². The van der Waals surface area contributed by atoms with Crippen molar-refractivity contribution in [3.05, 3.63) is 34.9 Å². The first-order chi connectivity index (χ1) is 11.1. The van der Waals surface area contributed by atoms with E-state index in [4.69, 9.17) is 20.9 Å². The molecule has 2 aromatic rings. The number of hydrogen-bond donors (Lipinski definition) is 1. The van der Waals surface area contributed by atoms with Gasteiger partial charge in [0.25, 0.3) is 0 Å². The Balaban J connectivity index is 2.42. The van der Waals surface area contributed by atoms with Gasteiger partial charge in [-0.05, 0) is 19.1 Å². The average molecular weight is 402 g/mol. The molecule has 122 valence electrons. The molecule has 8 heteroatoms. The Morgan fingerprint density at radius 3 is 2.65 bits per heavy atom. The Labute approximate surface area is 146 Å². The quantitative estimate of drug-likeness (QED) is 0.586. The molecule has 1 aromatic heterocycles. The van der Waals surface area contributed by atoms with Gasteiger partial charge in [0.05, 0.1) is 6.61 Å². The van der Waals surface area contributed by atoms with Crippen molar-refractivity contribution in [2.75, 3.05) is 17.3 Å². The summed E-state index contributed by atoms with van der Waals surface area (Å²) in [5, 5.41) is 7.46. The van der Waals surface area contributed by atoms with Gasteiger partial charge < -0.3 is 9.26 Å². The minimum atomic E-state index is -0.618. The molecular weight excluding hydrogens is 388 g/mol. The highest BCUT2D eigenvalue weighted by Gasteiger charge is 2.26. The summed E-state index contributed by atoms with van der Waals surface area (Å²) in [6.45, 7) is 1.88. The van der Waals surface area contributed by atoms with E-state index in [-0.39, 0.29) is 36.1 Å². The molecule has 0 unspecified atom stereocenters. The van der Waals surface area contributed by atoms with Crippen molar-refractivity contribution in [1.82, 2.24) is 5.16 Å². The van der Waals surface area contributed by atoms with Gasteiger partial charge in [-0.25, -0.2) is 4.79 Å². The van der Waals surface area contributed by atoms with Crippen LogP contribution in [0.2, 0.25) is 5.02 Å². The minimum absolute atomic E-state index is 0.0284. The number of nitrogens with zero attached hydrogens (tertiary/aromatic N) is 1. The molecule has 0 aliphatic rings. The van der Waals surface area contributed by atoms with Gasteiger partial charge >= 0.3 is 5.97 Å². The lowest BCUT2D eigenvalue weighted by atomic mass is 10.1. The summed E-state index contributed by atoms with van der Waals surface area (Å²) in [7, 11) is 0. The normalized spacial score (nSPS) is 10.4. The molecule has 0 aliphatic heterocycles. The van der Waals surface area contributed by atoms with Crippen LogP contribution < -0.4 is 5.32 Å². The van der Waals surface area contributed by atoms with Crippen molar-refractivity contribution in [3.8, 4) is 11.3 Å². The molecule has 0 saturated carbocycles. The molecule has 1 N–H and O–H groups in total. The Kier molecular flexibility index (Phi) is 6.18. The van der Waals surface area contributed by atoms with Crippen LogP contribution in [-0.4, -0.2) is 29.0 Å². The van der Waals surface area contributed by atoms with Crippen LogP contribution in [0.25, 0.3) is 11.3 Å². The van der Waals surface area contributed by atoms with Crippen molar-refractivity contribution in [3.63, 3.8) is 0 Å². The highest BCUT2D eigenvalue weighted by molar-refractivity contribution is 9.09. The summed E-state index contributed by atoms with van der Waals surface area (Å²) in [5.74, 6) is -0.946. The topological polar surface area (TPSA) is 81.4 Å². The first kappa shape index (κ1) is 17.5. The Morgan fingerprint density at radius 2 is 2.04 bits per heavy atom. The molecule has 0 atom stereocenters. The van der Waals surface area contributed by atoms with E-state index in [1.54, 1.807) is 31.2 Å². The third-order valence-electron chi connectivity index (χ3n) is 2.86. The largest absolute Gasteiger partial charge is 0.462 e. The van der Waals surface area contributed by atoms with Crippen LogP contribution in [0.15, 0.2) is 28.8 Å². The molecule has 0 spiro atoms. The fourth-order valence-corrected chi connectivity index (χ4v) is 2.33. The van der Waals surface area contributed by atoms with Crippen LogP contribution in [0.5, 0.6) is 0 Å². The maximum atomic E-state index is 12.2. The number of benzene rings is 1. The number of hydrogen-bond acceptors (Lipinski definition) is 5. The maximum absolute atomic E-state index is 12.2. The number of aromatic nitrogens is 1. The molecule has 1 aromatic carbocycles. The number of amides is 1. The summed E-state index contributed by atoms with van der Waals surface area (Å²) >= 11 is 9.04. The highest BCUT2D eigenvalue weighted by Crippen LogP contribution is 2.30. The van der Waals surface area contributed by atoms with E-state index in [1.165, 1.54) is 0 Å². The van der Waals surface area contributed by atoms with Crippen LogP contribution in [0.4, 0.5) is 5.88 Å². The Bertz CT molecular complexity index is 700. The lowest BCUT2D eigenvalue weighted by molar-refractivity contribution is -0.115. The van der Waals surface area contributed by atoms with E-state index >= 15 is 0 Å². The molecule has 6 nitrogen and oxygen atoms in total. The summed E-state index contributed by atoms with van der Waals surface area (Å²) in [5.41, 5.74) is 0.994. The molecule has 1 amide bonds. The predicted octanol–water partition coefficient (Wildman–Crippen LogP) is 3.90. The van der Waals surface area contributed by atoms with E-state index in [9.17, 15) is 9.59 Å². The van der Waals surface area contributed by atoms with Gasteiger partial charge in [-0.15, -0.1) is 0 Å². The third kappa shape index (κ3) is 4.33. The standard InChI is InChI=1S/C15H14BrClN2O4/c1-2-22-15(21)12-13(9-3-5-10(17)6-4-9)19-23-14(12)18-11(20)7-8-16/h3-6H,2,7-8H2,1H3,(H,18,20). The second-order valence-electron chi connectivity index (χ2n) is 4.45. The minimum Gasteiger partial charge on any atom is -0.462 e. The van der Waals surface area contributed by atoms with E-state index in [1.807, 2.05) is 0 Å². The van der Waals surface area contributed by atoms with Crippen molar-refractivity contribution in [2.45, 2.75) is 13.3 Å². The monoisotopic (exact) mass is 400 g/mol. The number of carbonyl (C=O) groups excluding carboxylic acids is 2. The zero-order valence-electron chi connectivity index (χ0n) is 12.3. The van der Waals surface area contributed by atoms with Crippen molar-refractivity contribution in [2.24, 2.45) is 0 Å². The van der Waals surface area contributed by atoms with Crippen molar-refractivity contribution in [1.29, 1.82) is 0 Å². The SMILES string of the molecule is CCOC(=O)c1c(-c2ccc(Cl)cc2)noc1NC(=O)CCBr. The summed E-state index contributed by atoms with van der Waals surface area (Å²) in [6, 6.07) is 6.74. The number of carbonyl (C=O) groups is 2. The molecule has 0 radical (unpaired) electrons. The first-order valence-electron chi connectivity index (χ1n) is 6.85. The predicted molar refractivity (Wildman–Crippen MR) is 89.9 cm³/mol. The van der Waals surface area contributed by atoms with E-state index in [0.29, 0.717) is 15.9 Å². The van der Waals surface area contributed by atoms with Gasteiger partial charge in [-0.1, -0.05) is 44.8 Å². The van der Waals surface area contributed by atoms with Gasteiger partial charge in [0.2, 0.25) is 11.8 Å². The number of anilines is 1. The second-order valence-corrected chi connectivity index (χ2v) is 5.68. The van der Waals surface area contributed by atoms with E-state index < -0.39 is 5.97 Å². The first-order valence-corrected chi connectivity index (χ1v) is 8.35. The number of esters is 1. The number of ether oxygens (including phenoxy) is 1. The van der Waals surface area contributed by atoms with E-state index in [2.05, 4.69) is 26.4 Å². The fourth-order valence-electron chi connectivity index (χ4n) is 1.85. The van der Waals surface area contributed by atoms with Crippen molar-refractivity contribution < 1.29 is 18.8 Å². The molecule has 2 rings (SSSR count). The summed E-state index contributed by atoms with van der Waals surface area (Å²) in [6.07, 6.45) is 0.235. The third-order valence-corrected chi connectivity index (χ3v) is 3.51. The number of nitrogens with one attached hydrogen (secondary N) is 1. The smallest absolute Gasteiger partial charge is 0.346 e. The average Bonchev–Trinajstić information content (AvgIpc) is 2.92. The molecular formula is C15H14BrClN2O4. The zero-order chi connectivity index (χ0) is 16.8. The highest BCUT2D eigenvalue weighted by atomic mass is 79.9. The van der Waals surface area contributed by atoms with Gasteiger partial charge in [0.1, 0.15) is 5.69 Å². The van der Waals surface area contributed by atoms with Gasteiger partial charge in [0.15, 0.2) is 5.56 Å². The molecule has 1 heterocycles. The van der Waals surface area contributed by atoms with Crippen LogP contribution in [0.1, 0.15) is 23.7 Å². The van der Waals surface area contributed by atoms with Crippen LogP contribution in [0, 0.1) is 0 Å². The Hall–Kier alpha value is -1.86. The fraction of sp³-hybridized carbons (Fsp3) is 0.267. The molecule has 23 heavy (non-hydrogen) atoms. The van der Waals surface area contributed by atoms with Crippen LogP contribution >= 0.6 is 27.5 Å². The van der Waals surface area contributed by atoms with Gasteiger partial charge in [0, 0.05) is 22.3 Å². The second kappa shape index (κ2) is 8.12. The maximum Gasteiger partial charge on any atom is 0.346 e. The lowest BCUT2D eigenvalue weighted by Gasteiger charge is -2.05. The van der Waals surface area contributed by atoms with Crippen molar-refractivity contribution >= 4 is 45.3 Å². The number of alkyl halides is 1. The number of halogens is 2. The lowest BCUT2D eigenvalue weighted by Crippen LogP contribution is -2.15. The Morgan fingerprint density at radius 1 is 1.35 bits per heavy atom. The molecule has 0 saturated heterocycles. The summed E-state index contributed by atoms with van der Waals surface area (Å²) in [4.78, 5) is 24.0. The molecule has 0 bridgehead atoms. The van der Waals surface area contributed by atoms with Gasteiger partial charge in [-0.3, -0.25) is 10.1 Å². The molecule has 0 aliphatic carbocycles. The molecule has 0 fully saturated rings. The van der Waals surface area contributed by atoms with Crippen LogP contribution in [0.3, 0.4) is 0 Å². The van der Waals surface area contributed by atoms with Gasteiger partial charge in [-0.2, -0.15) is 0 Å². The zero-order valence-corrected chi connectivity index (χ0v) is 14.6. The number of rotatable bonds is 6.